The smallest absolute Gasteiger partial charge is 0.0864 e. The summed E-state index contributed by atoms with van der Waals surface area (Å²) in [5.74, 6) is 0.722. The molecule has 8 heavy (non-hydrogen) atoms. The van der Waals surface area contributed by atoms with Gasteiger partial charge >= 0.3 is 0 Å². The molecule has 0 aliphatic carbocycles. The Kier molecular flexibility index (Phi) is 1.57. The van der Waals surface area contributed by atoms with E-state index < -0.39 is 0 Å². The van der Waals surface area contributed by atoms with Crippen molar-refractivity contribution in [2.75, 3.05) is 0 Å². The Bertz CT molecular complexity index is 78.5. The third kappa shape index (κ3) is 1.03. The third-order valence-electron chi connectivity index (χ3n) is 1.68. The summed E-state index contributed by atoms with van der Waals surface area (Å²) in [6.45, 7) is 6.59. The lowest BCUT2D eigenvalue weighted by Crippen LogP contribution is -2.00. The standard InChI is InChI=1S/C7H14O/c1-4-6-7(8-6)5(2)3/h5-7H,4H2,1-3H3. The summed E-state index contributed by atoms with van der Waals surface area (Å²) < 4.78 is 5.33. The first-order valence-corrected chi connectivity index (χ1v) is 3.41. The van der Waals surface area contributed by atoms with E-state index in [4.69, 9.17) is 4.74 Å². The highest BCUT2D eigenvalue weighted by Crippen LogP contribution is 2.30. The molecule has 1 aliphatic rings. The average molecular weight is 114 g/mol. The van der Waals surface area contributed by atoms with E-state index in [0.29, 0.717) is 12.2 Å². The van der Waals surface area contributed by atoms with Crippen molar-refractivity contribution in [1.29, 1.82) is 0 Å². The Labute approximate surface area is 51.0 Å². The fourth-order valence-electron chi connectivity index (χ4n) is 1.07. The van der Waals surface area contributed by atoms with Crippen molar-refractivity contribution in [1.82, 2.24) is 0 Å². The van der Waals surface area contributed by atoms with E-state index in [1.807, 2.05) is 0 Å². The molecule has 1 rings (SSSR count). The second-order valence-corrected chi connectivity index (χ2v) is 2.79. The zero-order valence-corrected chi connectivity index (χ0v) is 5.85. The van der Waals surface area contributed by atoms with Gasteiger partial charge in [-0.3, -0.25) is 0 Å². The zero-order chi connectivity index (χ0) is 6.15. The largest absolute Gasteiger partial charge is 0.369 e. The van der Waals surface area contributed by atoms with E-state index >= 15 is 0 Å². The van der Waals surface area contributed by atoms with Crippen LogP contribution in [0.3, 0.4) is 0 Å². The molecular formula is C7H14O. The molecule has 1 nitrogen and oxygen atoms in total. The van der Waals surface area contributed by atoms with Gasteiger partial charge in [-0.1, -0.05) is 20.8 Å². The SMILES string of the molecule is CCC1OC1C(C)C. The Hall–Kier alpha value is -0.0400. The topological polar surface area (TPSA) is 12.5 Å². The van der Waals surface area contributed by atoms with Gasteiger partial charge in [0.25, 0.3) is 0 Å². The van der Waals surface area contributed by atoms with Crippen LogP contribution in [0.5, 0.6) is 0 Å². The lowest BCUT2D eigenvalue weighted by molar-refractivity contribution is 0.333. The summed E-state index contributed by atoms with van der Waals surface area (Å²) in [5.41, 5.74) is 0. The van der Waals surface area contributed by atoms with Crippen molar-refractivity contribution in [3.05, 3.63) is 0 Å². The third-order valence-corrected chi connectivity index (χ3v) is 1.68. The van der Waals surface area contributed by atoms with E-state index in [9.17, 15) is 0 Å². The quantitative estimate of drug-likeness (QED) is 0.499. The fourth-order valence-corrected chi connectivity index (χ4v) is 1.07. The normalized spacial score (nSPS) is 36.0. The summed E-state index contributed by atoms with van der Waals surface area (Å²) in [4.78, 5) is 0. The molecule has 1 heteroatoms. The lowest BCUT2D eigenvalue weighted by atomic mass is 10.1. The van der Waals surface area contributed by atoms with E-state index in [1.54, 1.807) is 0 Å². The average Bonchev–Trinajstić information content (AvgIpc) is 2.42. The molecule has 0 N–H and O–H groups in total. The Morgan fingerprint density at radius 3 is 2.25 bits per heavy atom. The molecule has 0 spiro atoms. The van der Waals surface area contributed by atoms with Crippen molar-refractivity contribution in [3.63, 3.8) is 0 Å². The summed E-state index contributed by atoms with van der Waals surface area (Å²) in [7, 11) is 0. The molecule has 1 fully saturated rings. The summed E-state index contributed by atoms with van der Waals surface area (Å²) in [6.07, 6.45) is 2.36. The minimum absolute atomic E-state index is 0.583. The van der Waals surface area contributed by atoms with Crippen LogP contribution in [-0.4, -0.2) is 12.2 Å². The molecule has 2 unspecified atom stereocenters. The molecular weight excluding hydrogens is 100 g/mol. The van der Waals surface area contributed by atoms with Gasteiger partial charge in [-0.2, -0.15) is 0 Å². The van der Waals surface area contributed by atoms with Crippen LogP contribution < -0.4 is 0 Å². The van der Waals surface area contributed by atoms with Gasteiger partial charge in [0, 0.05) is 0 Å². The van der Waals surface area contributed by atoms with Gasteiger partial charge in [0.15, 0.2) is 0 Å². The molecule has 2 atom stereocenters. The predicted molar refractivity (Wildman–Crippen MR) is 33.8 cm³/mol. The second-order valence-electron chi connectivity index (χ2n) is 2.79. The molecule has 0 radical (unpaired) electrons. The number of ether oxygens (including phenoxy) is 1. The van der Waals surface area contributed by atoms with Gasteiger partial charge < -0.3 is 4.74 Å². The zero-order valence-electron chi connectivity index (χ0n) is 5.85. The minimum Gasteiger partial charge on any atom is -0.369 e. The lowest BCUT2D eigenvalue weighted by Gasteiger charge is -1.93. The van der Waals surface area contributed by atoms with Gasteiger partial charge in [-0.15, -0.1) is 0 Å². The molecule has 0 bridgehead atoms. The Morgan fingerprint density at radius 2 is 2.12 bits per heavy atom. The van der Waals surface area contributed by atoms with Gasteiger partial charge in [-0.05, 0) is 12.3 Å². The van der Waals surface area contributed by atoms with Crippen LogP contribution >= 0.6 is 0 Å². The molecule has 0 saturated carbocycles. The van der Waals surface area contributed by atoms with Crippen molar-refractivity contribution in [2.45, 2.75) is 39.4 Å². The number of hydrogen-bond acceptors (Lipinski definition) is 1. The van der Waals surface area contributed by atoms with Crippen molar-refractivity contribution in [2.24, 2.45) is 5.92 Å². The maximum atomic E-state index is 5.33. The highest BCUT2D eigenvalue weighted by atomic mass is 16.6. The fraction of sp³-hybridized carbons (Fsp3) is 1.00. The van der Waals surface area contributed by atoms with Gasteiger partial charge in [0.05, 0.1) is 12.2 Å². The Balaban J connectivity index is 2.16. The van der Waals surface area contributed by atoms with Crippen molar-refractivity contribution in [3.8, 4) is 0 Å². The second kappa shape index (κ2) is 2.06. The van der Waals surface area contributed by atoms with E-state index in [-0.39, 0.29) is 0 Å². The van der Waals surface area contributed by atoms with Crippen molar-refractivity contribution < 1.29 is 4.74 Å². The Morgan fingerprint density at radius 1 is 1.50 bits per heavy atom. The molecule has 1 aliphatic heterocycles. The summed E-state index contributed by atoms with van der Waals surface area (Å²) in [5, 5.41) is 0. The summed E-state index contributed by atoms with van der Waals surface area (Å²) in [6, 6.07) is 0. The number of epoxide rings is 1. The van der Waals surface area contributed by atoms with Crippen LogP contribution in [0.2, 0.25) is 0 Å². The van der Waals surface area contributed by atoms with Crippen LogP contribution in [0.15, 0.2) is 0 Å². The van der Waals surface area contributed by atoms with Gasteiger partial charge in [0.1, 0.15) is 0 Å². The number of rotatable bonds is 2. The van der Waals surface area contributed by atoms with Crippen LogP contribution in [0, 0.1) is 5.92 Å². The number of hydrogen-bond donors (Lipinski definition) is 0. The van der Waals surface area contributed by atoms with Gasteiger partial charge in [-0.25, -0.2) is 0 Å². The van der Waals surface area contributed by atoms with Crippen molar-refractivity contribution >= 4 is 0 Å². The van der Waals surface area contributed by atoms with E-state index in [2.05, 4.69) is 20.8 Å². The molecule has 1 heterocycles. The molecule has 1 saturated heterocycles. The minimum atomic E-state index is 0.583. The summed E-state index contributed by atoms with van der Waals surface area (Å²) >= 11 is 0. The molecule has 0 aromatic rings. The monoisotopic (exact) mass is 114 g/mol. The van der Waals surface area contributed by atoms with Gasteiger partial charge in [0.2, 0.25) is 0 Å². The van der Waals surface area contributed by atoms with E-state index in [0.717, 1.165) is 5.92 Å². The predicted octanol–water partition coefficient (Wildman–Crippen LogP) is 1.82. The maximum absolute atomic E-state index is 5.33. The first kappa shape index (κ1) is 6.09. The van der Waals surface area contributed by atoms with Crippen LogP contribution in [0.1, 0.15) is 27.2 Å². The molecule has 0 aromatic carbocycles. The maximum Gasteiger partial charge on any atom is 0.0864 e. The first-order chi connectivity index (χ1) is 3.75. The molecule has 48 valence electrons. The van der Waals surface area contributed by atoms with Crippen LogP contribution in [-0.2, 0) is 4.74 Å². The highest BCUT2D eigenvalue weighted by molar-refractivity contribution is 4.85. The van der Waals surface area contributed by atoms with E-state index in [1.165, 1.54) is 6.42 Å². The van der Waals surface area contributed by atoms with Crippen LogP contribution in [0.25, 0.3) is 0 Å². The van der Waals surface area contributed by atoms with Crippen LogP contribution in [0.4, 0.5) is 0 Å². The molecule has 0 amide bonds. The first-order valence-electron chi connectivity index (χ1n) is 3.41. The highest BCUT2D eigenvalue weighted by Gasteiger charge is 2.38. The molecule has 0 aromatic heterocycles.